The van der Waals surface area contributed by atoms with Crippen molar-refractivity contribution in [1.29, 1.82) is 5.26 Å². The van der Waals surface area contributed by atoms with Crippen LogP contribution in [0.1, 0.15) is 44.1 Å². The lowest BCUT2D eigenvalue weighted by Gasteiger charge is -2.38. The van der Waals surface area contributed by atoms with Crippen molar-refractivity contribution in [3.8, 4) is 6.07 Å². The Bertz CT molecular complexity index is 554. The van der Waals surface area contributed by atoms with Crippen molar-refractivity contribution in [1.82, 2.24) is 0 Å². The zero-order valence-corrected chi connectivity index (χ0v) is 12.1. The van der Waals surface area contributed by atoms with Gasteiger partial charge in [0.25, 0.3) is 0 Å². The fraction of sp³-hybridized carbons (Fsp3) is 0.588. The van der Waals surface area contributed by atoms with Crippen LogP contribution in [0.25, 0.3) is 0 Å². The Morgan fingerprint density at radius 3 is 2.76 bits per heavy atom. The van der Waals surface area contributed by atoms with Gasteiger partial charge >= 0.3 is 0 Å². The molecule has 21 heavy (non-hydrogen) atoms. The molecule has 3 unspecified atom stereocenters. The molecule has 1 aromatic rings. The lowest BCUT2D eigenvalue weighted by Crippen LogP contribution is -2.43. The summed E-state index contributed by atoms with van der Waals surface area (Å²) < 4.78 is 13.9. The van der Waals surface area contributed by atoms with Crippen LogP contribution in [0.4, 0.5) is 10.1 Å². The van der Waals surface area contributed by atoms with E-state index < -0.39 is 5.82 Å². The summed E-state index contributed by atoms with van der Waals surface area (Å²) in [7, 11) is 0. The average molecular weight is 288 g/mol. The molecule has 0 amide bonds. The van der Waals surface area contributed by atoms with Gasteiger partial charge in [-0.2, -0.15) is 5.26 Å². The van der Waals surface area contributed by atoms with Crippen LogP contribution < -0.4 is 4.90 Å². The van der Waals surface area contributed by atoms with Gasteiger partial charge in [0.15, 0.2) is 0 Å². The summed E-state index contributed by atoms with van der Waals surface area (Å²) in [5, 5.41) is 19.6. The molecule has 1 saturated carbocycles. The summed E-state index contributed by atoms with van der Waals surface area (Å²) in [6.45, 7) is 0.839. The summed E-state index contributed by atoms with van der Waals surface area (Å²) in [5.74, 6) is -0.207. The van der Waals surface area contributed by atoms with E-state index in [2.05, 4.69) is 4.90 Å². The molecule has 2 aliphatic rings. The third-order valence-electron chi connectivity index (χ3n) is 4.99. The van der Waals surface area contributed by atoms with Crippen LogP contribution in [-0.4, -0.2) is 23.8 Å². The van der Waals surface area contributed by atoms with Crippen molar-refractivity contribution >= 4 is 5.69 Å². The van der Waals surface area contributed by atoms with Crippen molar-refractivity contribution < 1.29 is 9.50 Å². The second kappa shape index (κ2) is 6.03. The SMILES string of the molecule is N#Cc1c(F)cccc1N1CCCC1C1CCCCC1O. The van der Waals surface area contributed by atoms with Crippen molar-refractivity contribution in [3.63, 3.8) is 0 Å². The Kier molecular flexibility index (Phi) is 4.12. The van der Waals surface area contributed by atoms with Gasteiger partial charge in [-0.1, -0.05) is 18.9 Å². The van der Waals surface area contributed by atoms with Gasteiger partial charge in [0, 0.05) is 18.5 Å². The molecule has 1 N–H and O–H groups in total. The maximum absolute atomic E-state index is 13.9. The smallest absolute Gasteiger partial charge is 0.143 e. The van der Waals surface area contributed by atoms with Crippen LogP contribution >= 0.6 is 0 Å². The molecule has 4 heteroatoms. The monoisotopic (exact) mass is 288 g/mol. The van der Waals surface area contributed by atoms with E-state index >= 15 is 0 Å². The van der Waals surface area contributed by atoms with E-state index in [1.807, 2.05) is 12.1 Å². The highest BCUT2D eigenvalue weighted by atomic mass is 19.1. The number of hydrogen-bond acceptors (Lipinski definition) is 3. The lowest BCUT2D eigenvalue weighted by atomic mass is 9.80. The van der Waals surface area contributed by atoms with Crippen LogP contribution in [0, 0.1) is 23.1 Å². The molecule has 3 nitrogen and oxygen atoms in total. The summed E-state index contributed by atoms with van der Waals surface area (Å²) >= 11 is 0. The number of halogens is 1. The topological polar surface area (TPSA) is 47.3 Å². The largest absolute Gasteiger partial charge is 0.393 e. The predicted molar refractivity (Wildman–Crippen MR) is 79.4 cm³/mol. The number of nitriles is 1. The van der Waals surface area contributed by atoms with Crippen LogP contribution in [-0.2, 0) is 0 Å². The number of hydrogen-bond donors (Lipinski definition) is 1. The molecule has 1 heterocycles. The first kappa shape index (κ1) is 14.3. The van der Waals surface area contributed by atoms with Crippen LogP contribution in [0.3, 0.4) is 0 Å². The molecule has 1 aliphatic heterocycles. The van der Waals surface area contributed by atoms with Gasteiger partial charge in [-0.15, -0.1) is 0 Å². The third kappa shape index (κ3) is 2.63. The van der Waals surface area contributed by atoms with E-state index in [-0.39, 0.29) is 23.6 Å². The molecule has 0 bridgehead atoms. The molecular formula is C17H21FN2O. The highest BCUT2D eigenvalue weighted by Crippen LogP contribution is 2.38. The molecule has 3 atom stereocenters. The summed E-state index contributed by atoms with van der Waals surface area (Å²) in [5.41, 5.74) is 0.826. The fourth-order valence-corrected chi connectivity index (χ4v) is 3.99. The van der Waals surface area contributed by atoms with Crippen molar-refractivity contribution in [2.45, 2.75) is 50.7 Å². The maximum atomic E-state index is 13.9. The zero-order chi connectivity index (χ0) is 14.8. The molecule has 0 spiro atoms. The van der Waals surface area contributed by atoms with Crippen LogP contribution in [0.5, 0.6) is 0 Å². The molecule has 3 rings (SSSR count). The Labute approximate surface area is 125 Å². The molecule has 1 saturated heterocycles. The van der Waals surface area contributed by atoms with E-state index in [4.69, 9.17) is 0 Å². The Morgan fingerprint density at radius 1 is 1.19 bits per heavy atom. The zero-order valence-electron chi connectivity index (χ0n) is 12.1. The van der Waals surface area contributed by atoms with Gasteiger partial charge in [0.2, 0.25) is 0 Å². The molecule has 2 fully saturated rings. The molecule has 1 aliphatic carbocycles. The summed E-state index contributed by atoms with van der Waals surface area (Å²) in [4.78, 5) is 2.15. The maximum Gasteiger partial charge on any atom is 0.143 e. The van der Waals surface area contributed by atoms with Gasteiger partial charge in [-0.05, 0) is 37.8 Å². The van der Waals surface area contributed by atoms with Gasteiger partial charge in [-0.25, -0.2) is 4.39 Å². The normalized spacial score (nSPS) is 29.4. The first-order chi connectivity index (χ1) is 10.2. The summed E-state index contributed by atoms with van der Waals surface area (Å²) in [6.07, 6.45) is 5.93. The Hall–Kier alpha value is -1.60. The van der Waals surface area contributed by atoms with E-state index in [0.717, 1.165) is 45.1 Å². The first-order valence-corrected chi connectivity index (χ1v) is 7.85. The predicted octanol–water partition coefficient (Wildman–Crippen LogP) is 3.22. The molecule has 112 valence electrons. The van der Waals surface area contributed by atoms with E-state index in [1.54, 1.807) is 6.07 Å². The minimum absolute atomic E-state index is 0.134. The highest BCUT2D eigenvalue weighted by Gasteiger charge is 2.37. The molecule has 1 aromatic carbocycles. The van der Waals surface area contributed by atoms with E-state index in [1.165, 1.54) is 6.07 Å². The number of aliphatic hydroxyl groups is 1. The van der Waals surface area contributed by atoms with Crippen LogP contribution in [0.15, 0.2) is 18.2 Å². The Balaban J connectivity index is 1.91. The minimum Gasteiger partial charge on any atom is -0.393 e. The standard InChI is InChI=1S/C17H21FN2O/c18-14-6-3-7-16(13(14)11-19)20-10-4-8-15(20)12-5-1-2-9-17(12)21/h3,6-7,12,15,17,21H,1-2,4-5,8-10H2. The second-order valence-electron chi connectivity index (χ2n) is 6.16. The lowest BCUT2D eigenvalue weighted by molar-refractivity contribution is 0.0566. The number of benzene rings is 1. The average Bonchev–Trinajstić information content (AvgIpc) is 2.96. The highest BCUT2D eigenvalue weighted by molar-refractivity contribution is 5.61. The van der Waals surface area contributed by atoms with Crippen molar-refractivity contribution in [2.24, 2.45) is 5.92 Å². The van der Waals surface area contributed by atoms with Gasteiger partial charge < -0.3 is 10.0 Å². The minimum atomic E-state index is -0.454. The molecular weight excluding hydrogens is 267 g/mol. The quantitative estimate of drug-likeness (QED) is 0.909. The third-order valence-corrected chi connectivity index (χ3v) is 4.99. The first-order valence-electron chi connectivity index (χ1n) is 7.85. The molecule has 0 radical (unpaired) electrons. The van der Waals surface area contributed by atoms with Crippen LogP contribution in [0.2, 0.25) is 0 Å². The second-order valence-corrected chi connectivity index (χ2v) is 6.16. The van der Waals surface area contributed by atoms with Gasteiger partial charge in [0.1, 0.15) is 17.4 Å². The molecule has 0 aromatic heterocycles. The Morgan fingerprint density at radius 2 is 2.00 bits per heavy atom. The summed E-state index contributed by atoms with van der Waals surface area (Å²) in [6, 6.07) is 7.06. The van der Waals surface area contributed by atoms with Gasteiger partial charge in [0.05, 0.1) is 11.8 Å². The number of rotatable bonds is 2. The van der Waals surface area contributed by atoms with E-state index in [0.29, 0.717) is 5.69 Å². The number of aliphatic hydroxyl groups excluding tert-OH is 1. The van der Waals surface area contributed by atoms with Crippen molar-refractivity contribution in [3.05, 3.63) is 29.6 Å². The number of nitrogens with zero attached hydrogens (tertiary/aromatic N) is 2. The van der Waals surface area contributed by atoms with Crippen molar-refractivity contribution in [2.75, 3.05) is 11.4 Å². The number of anilines is 1. The van der Waals surface area contributed by atoms with Gasteiger partial charge in [-0.3, -0.25) is 0 Å². The fourth-order valence-electron chi connectivity index (χ4n) is 3.99. The van der Waals surface area contributed by atoms with E-state index in [9.17, 15) is 14.8 Å².